The van der Waals surface area contributed by atoms with Crippen LogP contribution in [0.15, 0.2) is 101 Å². The average molecular weight is 571 g/mol. The molecule has 0 N–H and O–H groups in total. The van der Waals surface area contributed by atoms with Crippen LogP contribution in [0.2, 0.25) is 0 Å². The Morgan fingerprint density at radius 2 is 1.61 bits per heavy atom. The number of halogens is 3. The summed E-state index contributed by atoms with van der Waals surface area (Å²) in [5, 5.41) is 6.56. The fraction of sp³-hybridized carbons (Fsp3) is 0.0645. The van der Waals surface area contributed by atoms with Gasteiger partial charge in [-0.2, -0.15) is 18.3 Å². The van der Waals surface area contributed by atoms with Crippen LogP contribution in [0.4, 0.5) is 13.2 Å². The number of nitrogens with zero attached hydrogens (tertiary/aromatic N) is 4. The molecule has 204 valence electrons. The smallest absolute Gasteiger partial charge is 0.416 e. The third-order valence-corrected chi connectivity index (χ3v) is 7.30. The van der Waals surface area contributed by atoms with Crippen molar-refractivity contribution in [3.8, 4) is 33.8 Å². The molecule has 0 unspecified atom stereocenters. The number of rotatable bonds is 6. The third-order valence-electron chi connectivity index (χ3n) is 6.54. The van der Waals surface area contributed by atoms with Crippen LogP contribution < -0.4 is 10.3 Å². The molecule has 0 radical (unpaired) electrons. The van der Waals surface area contributed by atoms with Crippen molar-refractivity contribution in [2.45, 2.75) is 6.18 Å². The molecule has 0 amide bonds. The molecule has 0 saturated carbocycles. The quantitative estimate of drug-likeness (QED) is 0.208. The van der Waals surface area contributed by atoms with Gasteiger partial charge in [-0.05, 0) is 66.2 Å². The molecule has 0 spiro atoms. The largest absolute Gasteiger partial charge is 0.497 e. The normalized spacial score (nSPS) is 11.9. The molecular formula is C31H21F3N4O2S. The molecule has 6 aromatic rings. The summed E-state index contributed by atoms with van der Waals surface area (Å²) in [7, 11) is 1.60. The van der Waals surface area contributed by atoms with Crippen molar-refractivity contribution >= 4 is 28.4 Å². The summed E-state index contributed by atoms with van der Waals surface area (Å²) in [6.07, 6.45) is 2.50. The van der Waals surface area contributed by atoms with Gasteiger partial charge in [0.25, 0.3) is 5.56 Å². The summed E-state index contributed by atoms with van der Waals surface area (Å²) in [5.41, 5.74) is 2.88. The van der Waals surface area contributed by atoms with E-state index in [4.69, 9.17) is 9.84 Å². The first-order chi connectivity index (χ1) is 19.8. The highest BCUT2D eigenvalue weighted by molar-refractivity contribution is 7.15. The molecule has 0 aliphatic heterocycles. The second kappa shape index (κ2) is 10.5. The molecule has 3 aromatic heterocycles. The summed E-state index contributed by atoms with van der Waals surface area (Å²) >= 11 is 1.29. The van der Waals surface area contributed by atoms with Crippen LogP contribution in [0.25, 0.3) is 45.2 Å². The van der Waals surface area contributed by atoms with Crippen LogP contribution >= 0.6 is 11.3 Å². The molecule has 0 aliphatic carbocycles. The number of hydrogen-bond acceptors (Lipinski definition) is 5. The minimum atomic E-state index is -4.48. The van der Waals surface area contributed by atoms with Gasteiger partial charge in [0.1, 0.15) is 5.75 Å². The molecule has 0 fully saturated rings. The highest BCUT2D eigenvalue weighted by atomic mass is 32.1. The number of thiazole rings is 1. The maximum Gasteiger partial charge on any atom is 0.416 e. The fourth-order valence-electron chi connectivity index (χ4n) is 4.48. The minimum Gasteiger partial charge on any atom is -0.497 e. The molecule has 0 bridgehead atoms. The molecule has 41 heavy (non-hydrogen) atoms. The Morgan fingerprint density at radius 3 is 2.29 bits per heavy atom. The number of alkyl halides is 3. The van der Waals surface area contributed by atoms with Crippen LogP contribution in [0.1, 0.15) is 16.8 Å². The number of ether oxygens (including phenoxy) is 1. The molecule has 0 saturated heterocycles. The molecule has 6 nitrogen and oxygen atoms in total. The van der Waals surface area contributed by atoms with E-state index in [1.54, 1.807) is 29.4 Å². The Labute approximate surface area is 236 Å². The molecule has 3 aromatic carbocycles. The zero-order chi connectivity index (χ0) is 28.6. The zero-order valence-corrected chi connectivity index (χ0v) is 22.4. The van der Waals surface area contributed by atoms with E-state index in [9.17, 15) is 18.0 Å². The van der Waals surface area contributed by atoms with Crippen molar-refractivity contribution in [2.24, 2.45) is 0 Å². The Hall–Kier alpha value is -4.96. The second-order valence-electron chi connectivity index (χ2n) is 9.08. The van der Waals surface area contributed by atoms with Crippen molar-refractivity contribution in [2.75, 3.05) is 7.11 Å². The van der Waals surface area contributed by atoms with Crippen LogP contribution in [0, 0.1) is 0 Å². The van der Waals surface area contributed by atoms with Crippen LogP contribution in [-0.4, -0.2) is 26.3 Å². The molecule has 3 heterocycles. The van der Waals surface area contributed by atoms with Crippen molar-refractivity contribution in [1.29, 1.82) is 0 Å². The topological polar surface area (TPSA) is 61.4 Å². The summed E-state index contributed by atoms with van der Waals surface area (Å²) in [6.45, 7) is 0. The summed E-state index contributed by atoms with van der Waals surface area (Å²) < 4.78 is 48.0. The molecule has 0 aliphatic rings. The number of fused-ring (bicyclic) bond motifs is 1. The van der Waals surface area contributed by atoms with E-state index in [-0.39, 0.29) is 11.1 Å². The lowest BCUT2D eigenvalue weighted by Gasteiger charge is -2.09. The van der Waals surface area contributed by atoms with E-state index < -0.39 is 11.7 Å². The number of hydrogen-bond donors (Lipinski definition) is 0. The van der Waals surface area contributed by atoms with E-state index in [1.165, 1.54) is 27.9 Å². The van der Waals surface area contributed by atoms with Crippen molar-refractivity contribution in [1.82, 2.24) is 19.2 Å². The first-order valence-corrected chi connectivity index (χ1v) is 13.3. The van der Waals surface area contributed by atoms with E-state index in [0.29, 0.717) is 27.7 Å². The third kappa shape index (κ3) is 5.17. The first kappa shape index (κ1) is 26.3. The van der Waals surface area contributed by atoms with Gasteiger partial charge in [0.05, 0.1) is 35.3 Å². The van der Waals surface area contributed by atoms with Crippen molar-refractivity contribution in [3.05, 3.63) is 124 Å². The van der Waals surface area contributed by atoms with Crippen molar-refractivity contribution < 1.29 is 17.9 Å². The van der Waals surface area contributed by atoms with Gasteiger partial charge in [-0.1, -0.05) is 30.3 Å². The minimum absolute atomic E-state index is 0.201. The van der Waals surface area contributed by atoms with Gasteiger partial charge in [0, 0.05) is 28.9 Å². The van der Waals surface area contributed by atoms with Gasteiger partial charge in [0.2, 0.25) is 0 Å². The number of para-hydroxylation sites is 1. The Kier molecular flexibility index (Phi) is 6.76. The number of aromatic nitrogens is 4. The van der Waals surface area contributed by atoms with Crippen LogP contribution in [0.5, 0.6) is 5.75 Å². The van der Waals surface area contributed by atoms with Crippen LogP contribution in [-0.2, 0) is 6.18 Å². The summed E-state index contributed by atoms with van der Waals surface area (Å²) in [5.74, 6) is 0.712. The highest BCUT2D eigenvalue weighted by Crippen LogP contribution is 2.32. The number of benzene rings is 3. The highest BCUT2D eigenvalue weighted by Gasteiger charge is 2.30. The maximum absolute atomic E-state index is 13.5. The van der Waals surface area contributed by atoms with E-state index in [1.807, 2.05) is 66.9 Å². The number of methoxy groups -OCH3 is 1. The second-order valence-corrected chi connectivity index (χ2v) is 9.96. The van der Waals surface area contributed by atoms with Gasteiger partial charge >= 0.3 is 6.18 Å². The van der Waals surface area contributed by atoms with Crippen molar-refractivity contribution in [3.63, 3.8) is 0 Å². The van der Waals surface area contributed by atoms with Gasteiger partial charge in [-0.15, -0.1) is 11.3 Å². The molecular weight excluding hydrogens is 549 g/mol. The summed E-state index contributed by atoms with van der Waals surface area (Å²) in [6, 6.07) is 21.7. The van der Waals surface area contributed by atoms with Gasteiger partial charge < -0.3 is 4.74 Å². The lowest BCUT2D eigenvalue weighted by Crippen LogP contribution is -2.17. The SMILES string of the molecule is COc1ccc(-c2nn(-c3ccccc3)cc2/C=C/c2nc3sccn3c(=O)c2-c2ccc(C(F)(F)F)cc2)cc1. The standard InChI is InChI=1S/C31H21F3N4O2S/c1-40-25-14-9-21(10-15-25)28-22(19-38(36-28)24-5-3-2-4-6-24)11-16-26-27(29(39)37-17-18-41-30(37)35-26)20-7-12-23(13-8-20)31(32,33)34/h2-19H,1H3/b16-11+. The molecule has 0 atom stereocenters. The van der Waals surface area contributed by atoms with Gasteiger partial charge in [-0.3, -0.25) is 9.20 Å². The predicted octanol–water partition coefficient (Wildman–Crippen LogP) is 7.47. The lowest BCUT2D eigenvalue weighted by atomic mass is 10.0. The van der Waals surface area contributed by atoms with Gasteiger partial charge in [-0.25, -0.2) is 9.67 Å². The zero-order valence-electron chi connectivity index (χ0n) is 21.5. The first-order valence-electron chi connectivity index (χ1n) is 12.5. The van der Waals surface area contributed by atoms with Gasteiger partial charge in [0.15, 0.2) is 4.96 Å². The summed E-state index contributed by atoms with van der Waals surface area (Å²) in [4.78, 5) is 18.6. The molecule has 6 rings (SSSR count). The lowest BCUT2D eigenvalue weighted by molar-refractivity contribution is -0.137. The maximum atomic E-state index is 13.5. The Morgan fingerprint density at radius 1 is 0.902 bits per heavy atom. The monoisotopic (exact) mass is 570 g/mol. The fourth-order valence-corrected chi connectivity index (χ4v) is 5.19. The Balaban J connectivity index is 1.49. The Bertz CT molecular complexity index is 1920. The predicted molar refractivity (Wildman–Crippen MR) is 154 cm³/mol. The molecule has 10 heteroatoms. The van der Waals surface area contributed by atoms with E-state index in [0.717, 1.165) is 28.9 Å². The van der Waals surface area contributed by atoms with E-state index >= 15 is 0 Å². The van der Waals surface area contributed by atoms with Crippen LogP contribution in [0.3, 0.4) is 0 Å². The van der Waals surface area contributed by atoms with E-state index in [2.05, 4.69) is 4.98 Å². The average Bonchev–Trinajstić information content (AvgIpc) is 3.64.